The molecule has 2 rings (SSSR count). The van der Waals surface area contributed by atoms with Crippen LogP contribution < -0.4 is 4.74 Å². The van der Waals surface area contributed by atoms with E-state index in [1.807, 2.05) is 0 Å². The van der Waals surface area contributed by atoms with E-state index >= 15 is 0 Å². The van der Waals surface area contributed by atoms with Gasteiger partial charge in [-0.15, -0.1) is 0 Å². The minimum absolute atomic E-state index is 0.0188. The van der Waals surface area contributed by atoms with Gasteiger partial charge in [-0.25, -0.2) is 0 Å². The number of para-hydroxylation sites is 1. The van der Waals surface area contributed by atoms with Crippen molar-refractivity contribution in [3.05, 3.63) is 51.5 Å². The number of hydrogen-bond donors (Lipinski definition) is 1. The summed E-state index contributed by atoms with van der Waals surface area (Å²) in [5.74, 6) is 0.357. The van der Waals surface area contributed by atoms with Crippen LogP contribution in [0.15, 0.2) is 36.4 Å². The van der Waals surface area contributed by atoms with E-state index in [0.717, 1.165) is 0 Å². The molecule has 0 bridgehead atoms. The van der Waals surface area contributed by atoms with Crippen LogP contribution in [0.25, 0.3) is 11.1 Å². The summed E-state index contributed by atoms with van der Waals surface area (Å²) in [6, 6.07) is 9.03. The van der Waals surface area contributed by atoms with E-state index in [-0.39, 0.29) is 16.5 Å². The summed E-state index contributed by atoms with van der Waals surface area (Å²) in [6.45, 7) is 0. The molecule has 19 heavy (non-hydrogen) atoms. The highest BCUT2D eigenvalue weighted by molar-refractivity contribution is 6.33. The van der Waals surface area contributed by atoms with Gasteiger partial charge in [-0.05, 0) is 24.3 Å². The zero-order valence-electron chi connectivity index (χ0n) is 9.96. The van der Waals surface area contributed by atoms with Crippen molar-refractivity contribution in [2.75, 3.05) is 7.11 Å². The number of rotatable bonds is 3. The summed E-state index contributed by atoms with van der Waals surface area (Å²) in [6.07, 6.45) is 0. The van der Waals surface area contributed by atoms with Crippen LogP contribution in [0.3, 0.4) is 0 Å². The van der Waals surface area contributed by atoms with Gasteiger partial charge in [0, 0.05) is 11.6 Å². The van der Waals surface area contributed by atoms with E-state index in [1.54, 1.807) is 18.2 Å². The third-order valence-electron chi connectivity index (χ3n) is 2.64. The van der Waals surface area contributed by atoms with Crippen LogP contribution in [0, 0.1) is 10.1 Å². The van der Waals surface area contributed by atoms with Gasteiger partial charge >= 0.3 is 0 Å². The van der Waals surface area contributed by atoms with Gasteiger partial charge in [0.2, 0.25) is 0 Å². The van der Waals surface area contributed by atoms with Crippen LogP contribution in [0.2, 0.25) is 5.02 Å². The van der Waals surface area contributed by atoms with Gasteiger partial charge in [0.1, 0.15) is 16.5 Å². The molecule has 0 radical (unpaired) electrons. The van der Waals surface area contributed by atoms with Crippen LogP contribution >= 0.6 is 11.6 Å². The normalized spacial score (nSPS) is 10.2. The van der Waals surface area contributed by atoms with Crippen molar-refractivity contribution in [2.45, 2.75) is 0 Å². The van der Waals surface area contributed by atoms with Gasteiger partial charge in [-0.3, -0.25) is 10.1 Å². The Morgan fingerprint density at radius 3 is 2.63 bits per heavy atom. The number of nitro benzene ring substituents is 1. The smallest absolute Gasteiger partial charge is 0.295 e. The number of ether oxygens (including phenoxy) is 1. The fraction of sp³-hybridized carbons (Fsp3) is 0.0769. The summed E-state index contributed by atoms with van der Waals surface area (Å²) in [7, 11) is 1.43. The van der Waals surface area contributed by atoms with Gasteiger partial charge in [0.25, 0.3) is 5.69 Å². The van der Waals surface area contributed by atoms with Crippen molar-refractivity contribution < 1.29 is 14.8 Å². The minimum Gasteiger partial charge on any atom is -0.508 e. The van der Waals surface area contributed by atoms with Gasteiger partial charge in [0.05, 0.1) is 17.6 Å². The Labute approximate surface area is 114 Å². The highest BCUT2D eigenvalue weighted by atomic mass is 35.5. The van der Waals surface area contributed by atoms with Crippen molar-refractivity contribution >= 4 is 17.3 Å². The summed E-state index contributed by atoms with van der Waals surface area (Å²) in [5, 5.41) is 20.6. The molecule has 0 fully saturated rings. The Morgan fingerprint density at radius 1 is 1.26 bits per heavy atom. The van der Waals surface area contributed by atoms with Crippen molar-refractivity contribution in [2.24, 2.45) is 0 Å². The molecule has 0 saturated carbocycles. The molecule has 0 atom stereocenters. The third-order valence-corrected chi connectivity index (χ3v) is 2.95. The van der Waals surface area contributed by atoms with Crippen LogP contribution in [0.5, 0.6) is 11.5 Å². The second kappa shape index (κ2) is 5.16. The second-order valence-corrected chi connectivity index (χ2v) is 4.18. The lowest BCUT2D eigenvalue weighted by molar-refractivity contribution is -0.384. The first-order chi connectivity index (χ1) is 9.04. The van der Waals surface area contributed by atoms with E-state index in [2.05, 4.69) is 0 Å². The Hall–Kier alpha value is -2.27. The molecule has 5 nitrogen and oxygen atoms in total. The monoisotopic (exact) mass is 279 g/mol. The topological polar surface area (TPSA) is 72.6 Å². The Balaban J connectivity index is 2.72. The number of nitro groups is 1. The molecule has 2 aromatic rings. The van der Waals surface area contributed by atoms with Gasteiger partial charge in [-0.1, -0.05) is 17.7 Å². The van der Waals surface area contributed by atoms with Gasteiger partial charge in [0.15, 0.2) is 0 Å². The second-order valence-electron chi connectivity index (χ2n) is 3.78. The van der Waals surface area contributed by atoms with E-state index in [4.69, 9.17) is 16.3 Å². The number of methoxy groups -OCH3 is 1. The fourth-order valence-corrected chi connectivity index (χ4v) is 2.06. The Kier molecular flexibility index (Phi) is 3.57. The van der Waals surface area contributed by atoms with Crippen molar-refractivity contribution in [1.82, 2.24) is 0 Å². The van der Waals surface area contributed by atoms with Crippen molar-refractivity contribution in [3.8, 4) is 22.6 Å². The number of halogens is 1. The maximum atomic E-state index is 11.1. The highest BCUT2D eigenvalue weighted by Crippen LogP contribution is 2.40. The molecule has 0 unspecified atom stereocenters. The standard InChI is InChI=1S/C13H10ClNO4/c1-19-12-7-8(16)5-6-9(12)10-3-2-4-11(14)13(10)15(17)18/h2-7,16H,1H3. The molecule has 0 aliphatic rings. The average Bonchev–Trinajstić information content (AvgIpc) is 2.37. The van der Waals surface area contributed by atoms with Crippen LogP contribution in [-0.2, 0) is 0 Å². The highest BCUT2D eigenvalue weighted by Gasteiger charge is 2.21. The largest absolute Gasteiger partial charge is 0.508 e. The maximum absolute atomic E-state index is 11.1. The number of benzene rings is 2. The van der Waals surface area contributed by atoms with E-state index in [1.165, 1.54) is 25.3 Å². The number of hydrogen-bond acceptors (Lipinski definition) is 4. The Morgan fingerprint density at radius 2 is 2.00 bits per heavy atom. The first-order valence-corrected chi connectivity index (χ1v) is 5.72. The number of phenols is 1. The lowest BCUT2D eigenvalue weighted by Gasteiger charge is -2.10. The molecular weight excluding hydrogens is 270 g/mol. The zero-order valence-corrected chi connectivity index (χ0v) is 10.7. The third kappa shape index (κ3) is 2.46. The Bertz CT molecular complexity index is 643. The molecule has 0 aromatic heterocycles. The maximum Gasteiger partial charge on any atom is 0.295 e. The lowest BCUT2D eigenvalue weighted by atomic mass is 10.0. The fourth-order valence-electron chi connectivity index (χ4n) is 1.82. The first-order valence-electron chi connectivity index (χ1n) is 5.35. The van der Waals surface area contributed by atoms with E-state index in [0.29, 0.717) is 16.9 Å². The number of aromatic hydroxyl groups is 1. The predicted octanol–water partition coefficient (Wildman–Crippen LogP) is 3.63. The zero-order chi connectivity index (χ0) is 14.0. The summed E-state index contributed by atoms with van der Waals surface area (Å²) in [4.78, 5) is 10.6. The molecule has 1 N–H and O–H groups in total. The molecule has 0 aliphatic carbocycles. The van der Waals surface area contributed by atoms with Gasteiger partial charge < -0.3 is 9.84 Å². The molecule has 0 saturated heterocycles. The van der Waals surface area contributed by atoms with Crippen LogP contribution in [-0.4, -0.2) is 17.1 Å². The molecule has 6 heteroatoms. The average molecular weight is 280 g/mol. The van der Waals surface area contributed by atoms with E-state index < -0.39 is 4.92 Å². The molecule has 2 aromatic carbocycles. The van der Waals surface area contributed by atoms with E-state index in [9.17, 15) is 15.2 Å². The van der Waals surface area contributed by atoms with Crippen molar-refractivity contribution in [3.63, 3.8) is 0 Å². The molecule has 0 heterocycles. The quantitative estimate of drug-likeness (QED) is 0.688. The van der Waals surface area contributed by atoms with Crippen LogP contribution in [0.1, 0.15) is 0 Å². The SMILES string of the molecule is COc1cc(O)ccc1-c1cccc(Cl)c1[N+](=O)[O-]. The van der Waals surface area contributed by atoms with Crippen molar-refractivity contribution in [1.29, 1.82) is 0 Å². The predicted molar refractivity (Wildman–Crippen MR) is 71.8 cm³/mol. The van der Waals surface area contributed by atoms with Gasteiger partial charge in [-0.2, -0.15) is 0 Å². The summed E-state index contributed by atoms with van der Waals surface area (Å²) in [5.41, 5.74) is 0.650. The summed E-state index contributed by atoms with van der Waals surface area (Å²) < 4.78 is 5.13. The first kappa shape index (κ1) is 13.2. The summed E-state index contributed by atoms with van der Waals surface area (Å²) >= 11 is 5.87. The number of nitrogens with zero attached hydrogens (tertiary/aromatic N) is 1. The molecule has 0 spiro atoms. The lowest BCUT2D eigenvalue weighted by Crippen LogP contribution is -1.95. The molecule has 0 aliphatic heterocycles. The molecule has 0 amide bonds. The number of phenolic OH excluding ortho intramolecular Hbond substituents is 1. The molecule has 98 valence electrons. The minimum atomic E-state index is -0.538. The van der Waals surface area contributed by atoms with Crippen LogP contribution in [0.4, 0.5) is 5.69 Å². The molecular formula is C13H10ClNO4.